The van der Waals surface area contributed by atoms with Gasteiger partial charge in [-0.15, -0.1) is 0 Å². The Hall–Kier alpha value is -3.94. The van der Waals surface area contributed by atoms with Gasteiger partial charge in [-0.1, -0.05) is 18.2 Å². The summed E-state index contributed by atoms with van der Waals surface area (Å²) in [6.45, 7) is 3.91. The molecule has 0 saturated carbocycles. The van der Waals surface area contributed by atoms with Crippen LogP contribution in [0.25, 0.3) is 0 Å². The first-order valence-corrected chi connectivity index (χ1v) is 11.2. The number of hydrogen-bond donors (Lipinski definition) is 3. The van der Waals surface area contributed by atoms with E-state index < -0.39 is 0 Å². The highest BCUT2D eigenvalue weighted by atomic mass is 16.2. The van der Waals surface area contributed by atoms with Gasteiger partial charge in [0.05, 0.1) is 6.54 Å². The van der Waals surface area contributed by atoms with Crippen molar-refractivity contribution < 1.29 is 9.59 Å². The molecule has 0 radical (unpaired) electrons. The van der Waals surface area contributed by atoms with Crippen LogP contribution in [-0.4, -0.2) is 41.4 Å². The van der Waals surface area contributed by atoms with Crippen LogP contribution >= 0.6 is 0 Å². The molecular formula is C25H28N6O2. The Morgan fingerprint density at radius 1 is 0.909 bits per heavy atom. The van der Waals surface area contributed by atoms with Crippen LogP contribution in [0.1, 0.15) is 35.3 Å². The third-order valence-electron chi connectivity index (χ3n) is 5.39. The second-order valence-electron chi connectivity index (χ2n) is 8.04. The summed E-state index contributed by atoms with van der Waals surface area (Å²) in [7, 11) is 0. The summed E-state index contributed by atoms with van der Waals surface area (Å²) in [5, 5.41) is 8.64. The summed E-state index contributed by atoms with van der Waals surface area (Å²) in [5.41, 5.74) is 2.89. The molecule has 2 heterocycles. The van der Waals surface area contributed by atoms with E-state index in [1.54, 1.807) is 36.4 Å². The first-order valence-electron chi connectivity index (χ1n) is 11.2. The van der Waals surface area contributed by atoms with Gasteiger partial charge in [0.15, 0.2) is 0 Å². The molecule has 1 aliphatic heterocycles. The first-order chi connectivity index (χ1) is 16.1. The number of piperidine rings is 1. The van der Waals surface area contributed by atoms with E-state index in [-0.39, 0.29) is 18.4 Å². The second kappa shape index (κ2) is 10.6. The number of benzene rings is 2. The van der Waals surface area contributed by atoms with Crippen molar-refractivity contribution in [3.05, 3.63) is 71.9 Å². The van der Waals surface area contributed by atoms with Crippen molar-refractivity contribution in [3.63, 3.8) is 0 Å². The highest BCUT2D eigenvalue weighted by Gasteiger charge is 2.14. The zero-order valence-electron chi connectivity index (χ0n) is 18.7. The number of nitrogens with one attached hydrogen (secondary N) is 3. The highest BCUT2D eigenvalue weighted by molar-refractivity contribution is 5.99. The van der Waals surface area contributed by atoms with Crippen molar-refractivity contribution >= 4 is 35.0 Å². The van der Waals surface area contributed by atoms with Crippen LogP contribution in [0.4, 0.5) is 23.1 Å². The molecule has 3 aromatic rings. The van der Waals surface area contributed by atoms with Crippen LogP contribution in [0.3, 0.4) is 0 Å². The Morgan fingerprint density at radius 3 is 2.33 bits per heavy atom. The molecule has 33 heavy (non-hydrogen) atoms. The molecule has 0 aliphatic carbocycles. The van der Waals surface area contributed by atoms with Crippen LogP contribution in [0.2, 0.25) is 0 Å². The number of aromatic nitrogens is 2. The monoisotopic (exact) mass is 444 g/mol. The van der Waals surface area contributed by atoms with Crippen molar-refractivity contribution in [2.45, 2.75) is 26.2 Å². The molecule has 0 bridgehead atoms. The number of carbonyl (C=O) groups excluding carboxylic acids is 2. The van der Waals surface area contributed by atoms with Gasteiger partial charge in [-0.2, -0.15) is 4.98 Å². The van der Waals surface area contributed by atoms with Crippen LogP contribution < -0.4 is 20.9 Å². The second-order valence-corrected chi connectivity index (χ2v) is 8.04. The number of anilines is 4. The van der Waals surface area contributed by atoms with Gasteiger partial charge < -0.3 is 20.9 Å². The van der Waals surface area contributed by atoms with E-state index in [0.717, 1.165) is 30.3 Å². The molecule has 1 fully saturated rings. The van der Waals surface area contributed by atoms with E-state index in [1.165, 1.54) is 19.3 Å². The van der Waals surface area contributed by atoms with E-state index in [4.69, 9.17) is 0 Å². The average Bonchev–Trinajstić information content (AvgIpc) is 2.84. The summed E-state index contributed by atoms with van der Waals surface area (Å²) in [4.78, 5) is 35.7. The molecule has 170 valence electrons. The first kappa shape index (κ1) is 22.3. The quantitative estimate of drug-likeness (QED) is 0.511. The number of rotatable bonds is 7. The van der Waals surface area contributed by atoms with Gasteiger partial charge in [-0.3, -0.25) is 9.59 Å². The van der Waals surface area contributed by atoms with Crippen LogP contribution in [0.5, 0.6) is 0 Å². The Labute approximate surface area is 193 Å². The Balaban J connectivity index is 1.31. The largest absolute Gasteiger partial charge is 0.356 e. The van der Waals surface area contributed by atoms with Gasteiger partial charge in [0.1, 0.15) is 5.82 Å². The van der Waals surface area contributed by atoms with E-state index in [1.807, 2.05) is 31.2 Å². The molecule has 0 spiro atoms. The number of aryl methyl sites for hydroxylation is 1. The molecule has 1 aromatic heterocycles. The molecule has 0 unspecified atom stereocenters. The minimum absolute atomic E-state index is 0.107. The maximum Gasteiger partial charge on any atom is 0.251 e. The Kier molecular flexibility index (Phi) is 7.14. The maximum absolute atomic E-state index is 12.2. The minimum Gasteiger partial charge on any atom is -0.356 e. The lowest BCUT2D eigenvalue weighted by molar-refractivity contribution is -0.115. The molecule has 1 saturated heterocycles. The predicted molar refractivity (Wildman–Crippen MR) is 130 cm³/mol. The SMILES string of the molecule is Cc1cc(N2CCCCC2)nc(Nc2ccc(NC(=O)CNC(=O)c3ccccc3)cc2)n1. The fourth-order valence-electron chi connectivity index (χ4n) is 3.72. The summed E-state index contributed by atoms with van der Waals surface area (Å²) >= 11 is 0. The van der Waals surface area contributed by atoms with Gasteiger partial charge in [0.25, 0.3) is 5.91 Å². The van der Waals surface area contributed by atoms with Crippen molar-refractivity contribution in [3.8, 4) is 0 Å². The van der Waals surface area contributed by atoms with Crippen molar-refractivity contribution in [2.75, 3.05) is 35.2 Å². The lowest BCUT2D eigenvalue weighted by atomic mass is 10.1. The molecule has 1 aliphatic rings. The normalized spacial score (nSPS) is 13.3. The number of nitrogens with zero attached hydrogens (tertiary/aromatic N) is 3. The molecule has 0 atom stereocenters. The topological polar surface area (TPSA) is 99.3 Å². The molecule has 2 amide bonds. The van der Waals surface area contributed by atoms with Crippen molar-refractivity contribution in [2.24, 2.45) is 0 Å². The standard InChI is InChI=1S/C25H28N6O2/c1-18-16-22(31-14-6-3-7-15-31)30-25(27-18)29-21-12-10-20(11-13-21)28-23(32)17-26-24(33)19-8-4-2-5-9-19/h2,4-5,8-13,16H,3,6-7,14-15,17H2,1H3,(H,26,33)(H,28,32)(H,27,29,30). The van der Waals surface area contributed by atoms with Gasteiger partial charge in [-0.05, 0) is 62.6 Å². The summed E-state index contributed by atoms with van der Waals surface area (Å²) < 4.78 is 0. The third kappa shape index (κ3) is 6.29. The lowest BCUT2D eigenvalue weighted by Crippen LogP contribution is -2.32. The smallest absolute Gasteiger partial charge is 0.251 e. The van der Waals surface area contributed by atoms with Crippen molar-refractivity contribution in [1.29, 1.82) is 0 Å². The van der Waals surface area contributed by atoms with Crippen LogP contribution in [0, 0.1) is 6.92 Å². The summed E-state index contributed by atoms with van der Waals surface area (Å²) in [6.07, 6.45) is 3.65. The van der Waals surface area contributed by atoms with Gasteiger partial charge in [0, 0.05) is 41.8 Å². The Bertz CT molecular complexity index is 1100. The molecule has 8 nitrogen and oxygen atoms in total. The van der Waals surface area contributed by atoms with Gasteiger partial charge in [0.2, 0.25) is 11.9 Å². The average molecular weight is 445 g/mol. The molecule has 8 heteroatoms. The van der Waals surface area contributed by atoms with E-state index in [9.17, 15) is 9.59 Å². The zero-order chi connectivity index (χ0) is 23.0. The summed E-state index contributed by atoms with van der Waals surface area (Å²) in [5.74, 6) is 0.919. The Morgan fingerprint density at radius 2 is 1.61 bits per heavy atom. The highest BCUT2D eigenvalue weighted by Crippen LogP contribution is 2.22. The third-order valence-corrected chi connectivity index (χ3v) is 5.39. The fourth-order valence-corrected chi connectivity index (χ4v) is 3.72. The predicted octanol–water partition coefficient (Wildman–Crippen LogP) is 3.89. The molecular weight excluding hydrogens is 416 g/mol. The number of hydrogen-bond acceptors (Lipinski definition) is 6. The van der Waals surface area contributed by atoms with Crippen LogP contribution in [0.15, 0.2) is 60.7 Å². The van der Waals surface area contributed by atoms with Crippen molar-refractivity contribution in [1.82, 2.24) is 15.3 Å². The van der Waals surface area contributed by atoms with Crippen LogP contribution in [-0.2, 0) is 4.79 Å². The number of carbonyl (C=O) groups is 2. The van der Waals surface area contributed by atoms with E-state index >= 15 is 0 Å². The molecule has 2 aromatic carbocycles. The van der Waals surface area contributed by atoms with Gasteiger partial charge >= 0.3 is 0 Å². The fraction of sp³-hybridized carbons (Fsp3) is 0.280. The molecule has 4 rings (SSSR count). The zero-order valence-corrected chi connectivity index (χ0v) is 18.7. The van der Waals surface area contributed by atoms with E-state index in [0.29, 0.717) is 17.2 Å². The maximum atomic E-state index is 12.2. The van der Waals surface area contributed by atoms with E-state index in [2.05, 4.69) is 30.8 Å². The number of amides is 2. The minimum atomic E-state index is -0.298. The van der Waals surface area contributed by atoms with Gasteiger partial charge in [-0.25, -0.2) is 4.98 Å². The molecule has 3 N–H and O–H groups in total. The lowest BCUT2D eigenvalue weighted by Gasteiger charge is -2.28. The summed E-state index contributed by atoms with van der Waals surface area (Å²) in [6, 6.07) is 18.1.